The lowest BCUT2D eigenvalue weighted by atomic mass is 10.2. The Bertz CT molecular complexity index is 81.3. The van der Waals surface area contributed by atoms with Gasteiger partial charge in [0.2, 0.25) is 0 Å². The SMILES string of the molecule is C=CCOC(CC)CCO. The van der Waals surface area contributed by atoms with Crippen LogP contribution in [0.1, 0.15) is 19.8 Å². The number of ether oxygens (including phenoxy) is 1. The topological polar surface area (TPSA) is 29.5 Å². The van der Waals surface area contributed by atoms with Crippen LogP contribution in [0.2, 0.25) is 0 Å². The number of rotatable bonds is 6. The van der Waals surface area contributed by atoms with Crippen molar-refractivity contribution in [2.24, 2.45) is 0 Å². The summed E-state index contributed by atoms with van der Waals surface area (Å²) in [5.41, 5.74) is 0. The lowest BCUT2D eigenvalue weighted by Gasteiger charge is -2.12. The van der Waals surface area contributed by atoms with E-state index in [1.165, 1.54) is 0 Å². The van der Waals surface area contributed by atoms with Gasteiger partial charge in [-0.1, -0.05) is 13.0 Å². The van der Waals surface area contributed by atoms with Crippen LogP contribution < -0.4 is 0 Å². The average molecular weight is 144 g/mol. The van der Waals surface area contributed by atoms with E-state index in [1.54, 1.807) is 6.08 Å². The van der Waals surface area contributed by atoms with Crippen LogP contribution in [-0.2, 0) is 4.74 Å². The molecule has 0 aromatic carbocycles. The van der Waals surface area contributed by atoms with E-state index in [4.69, 9.17) is 9.84 Å². The van der Waals surface area contributed by atoms with Crippen molar-refractivity contribution in [3.63, 3.8) is 0 Å². The Morgan fingerprint density at radius 3 is 2.80 bits per heavy atom. The first-order valence-electron chi connectivity index (χ1n) is 3.68. The van der Waals surface area contributed by atoms with Crippen molar-refractivity contribution in [1.29, 1.82) is 0 Å². The summed E-state index contributed by atoms with van der Waals surface area (Å²) in [4.78, 5) is 0. The van der Waals surface area contributed by atoms with Gasteiger partial charge in [0.15, 0.2) is 0 Å². The monoisotopic (exact) mass is 144 g/mol. The van der Waals surface area contributed by atoms with Gasteiger partial charge in [-0.3, -0.25) is 0 Å². The van der Waals surface area contributed by atoms with E-state index in [1.807, 2.05) is 6.92 Å². The lowest BCUT2D eigenvalue weighted by molar-refractivity contribution is 0.0514. The van der Waals surface area contributed by atoms with Crippen LogP contribution in [0, 0.1) is 0 Å². The molecule has 0 bridgehead atoms. The summed E-state index contributed by atoms with van der Waals surface area (Å²) >= 11 is 0. The number of hydrogen-bond donors (Lipinski definition) is 1. The van der Waals surface area contributed by atoms with Crippen LogP contribution in [0.25, 0.3) is 0 Å². The van der Waals surface area contributed by atoms with Gasteiger partial charge >= 0.3 is 0 Å². The molecule has 1 N–H and O–H groups in total. The molecule has 0 aromatic rings. The van der Waals surface area contributed by atoms with Crippen molar-refractivity contribution >= 4 is 0 Å². The van der Waals surface area contributed by atoms with E-state index in [9.17, 15) is 0 Å². The first-order chi connectivity index (χ1) is 4.85. The first-order valence-corrected chi connectivity index (χ1v) is 3.68. The molecule has 0 spiro atoms. The van der Waals surface area contributed by atoms with Gasteiger partial charge in [0, 0.05) is 6.61 Å². The van der Waals surface area contributed by atoms with Gasteiger partial charge in [0.05, 0.1) is 12.7 Å². The predicted molar refractivity (Wildman–Crippen MR) is 41.9 cm³/mol. The van der Waals surface area contributed by atoms with Crippen LogP contribution >= 0.6 is 0 Å². The van der Waals surface area contributed by atoms with Crippen molar-refractivity contribution in [2.45, 2.75) is 25.9 Å². The molecule has 0 aliphatic carbocycles. The number of aliphatic hydroxyl groups is 1. The molecule has 10 heavy (non-hydrogen) atoms. The van der Waals surface area contributed by atoms with Crippen molar-refractivity contribution in [1.82, 2.24) is 0 Å². The Balaban J connectivity index is 3.29. The van der Waals surface area contributed by atoms with E-state index in [-0.39, 0.29) is 12.7 Å². The maximum Gasteiger partial charge on any atom is 0.0648 e. The molecule has 1 atom stereocenters. The highest BCUT2D eigenvalue weighted by molar-refractivity contribution is 4.66. The summed E-state index contributed by atoms with van der Waals surface area (Å²) in [5.74, 6) is 0. The van der Waals surface area contributed by atoms with Gasteiger partial charge in [-0.2, -0.15) is 0 Å². The molecule has 0 heterocycles. The quantitative estimate of drug-likeness (QED) is 0.570. The molecule has 60 valence electrons. The fourth-order valence-corrected chi connectivity index (χ4v) is 0.753. The lowest BCUT2D eigenvalue weighted by Crippen LogP contribution is -2.13. The summed E-state index contributed by atoms with van der Waals surface area (Å²) in [7, 11) is 0. The second kappa shape index (κ2) is 6.78. The minimum Gasteiger partial charge on any atom is -0.396 e. The zero-order valence-electron chi connectivity index (χ0n) is 6.55. The predicted octanol–water partition coefficient (Wildman–Crippen LogP) is 1.35. The molecule has 1 unspecified atom stereocenters. The molecule has 0 aliphatic heterocycles. The van der Waals surface area contributed by atoms with Gasteiger partial charge in [0.1, 0.15) is 0 Å². The standard InChI is InChI=1S/C8H16O2/c1-3-7-10-8(4-2)5-6-9/h3,8-9H,1,4-7H2,2H3. The molecule has 0 rings (SSSR count). The molecule has 0 saturated carbocycles. The second-order valence-corrected chi connectivity index (χ2v) is 2.16. The Morgan fingerprint density at radius 2 is 2.40 bits per heavy atom. The van der Waals surface area contributed by atoms with Gasteiger partial charge in [-0.25, -0.2) is 0 Å². The third kappa shape index (κ3) is 4.53. The largest absolute Gasteiger partial charge is 0.396 e. The molecule has 0 amide bonds. The molecular formula is C8H16O2. The van der Waals surface area contributed by atoms with Gasteiger partial charge in [0.25, 0.3) is 0 Å². The van der Waals surface area contributed by atoms with Crippen LogP contribution in [0.4, 0.5) is 0 Å². The highest BCUT2D eigenvalue weighted by Gasteiger charge is 2.02. The highest BCUT2D eigenvalue weighted by Crippen LogP contribution is 2.01. The van der Waals surface area contributed by atoms with Gasteiger partial charge in [-0.15, -0.1) is 6.58 Å². The van der Waals surface area contributed by atoms with Crippen molar-refractivity contribution in [2.75, 3.05) is 13.2 Å². The first kappa shape index (κ1) is 9.66. The third-order valence-electron chi connectivity index (χ3n) is 1.36. The van der Waals surface area contributed by atoms with E-state index in [0.717, 1.165) is 12.8 Å². The van der Waals surface area contributed by atoms with Crippen LogP contribution in [-0.4, -0.2) is 24.4 Å². The third-order valence-corrected chi connectivity index (χ3v) is 1.36. The Morgan fingerprint density at radius 1 is 1.70 bits per heavy atom. The van der Waals surface area contributed by atoms with Crippen molar-refractivity contribution in [3.8, 4) is 0 Å². The maximum atomic E-state index is 8.56. The summed E-state index contributed by atoms with van der Waals surface area (Å²) in [6.45, 7) is 6.37. The normalized spacial score (nSPS) is 13.0. The van der Waals surface area contributed by atoms with E-state index in [2.05, 4.69) is 6.58 Å². The van der Waals surface area contributed by atoms with Crippen molar-refractivity contribution < 1.29 is 9.84 Å². The molecule has 2 nitrogen and oxygen atoms in total. The Kier molecular flexibility index (Phi) is 6.55. The molecular weight excluding hydrogens is 128 g/mol. The zero-order chi connectivity index (χ0) is 7.82. The minimum atomic E-state index is 0.197. The second-order valence-electron chi connectivity index (χ2n) is 2.16. The van der Waals surface area contributed by atoms with Gasteiger partial charge in [-0.05, 0) is 12.8 Å². The van der Waals surface area contributed by atoms with Crippen LogP contribution in [0.15, 0.2) is 12.7 Å². The Hall–Kier alpha value is -0.340. The summed E-state index contributed by atoms with van der Waals surface area (Å²) < 4.78 is 5.30. The average Bonchev–Trinajstić information content (AvgIpc) is 1.98. The van der Waals surface area contributed by atoms with Gasteiger partial charge < -0.3 is 9.84 Å². The number of aliphatic hydroxyl groups excluding tert-OH is 1. The van der Waals surface area contributed by atoms with Crippen molar-refractivity contribution in [3.05, 3.63) is 12.7 Å². The molecule has 0 saturated heterocycles. The zero-order valence-corrected chi connectivity index (χ0v) is 6.55. The fourth-order valence-electron chi connectivity index (χ4n) is 0.753. The summed E-state index contributed by atoms with van der Waals surface area (Å²) in [6, 6.07) is 0. The molecule has 2 heteroatoms. The molecule has 0 aliphatic rings. The van der Waals surface area contributed by atoms with Crippen LogP contribution in [0.5, 0.6) is 0 Å². The maximum absolute atomic E-state index is 8.56. The summed E-state index contributed by atoms with van der Waals surface area (Å²) in [6.07, 6.45) is 3.60. The van der Waals surface area contributed by atoms with Crippen LogP contribution in [0.3, 0.4) is 0 Å². The minimum absolute atomic E-state index is 0.197. The smallest absolute Gasteiger partial charge is 0.0648 e. The highest BCUT2D eigenvalue weighted by atomic mass is 16.5. The Labute approximate surface area is 62.5 Å². The van der Waals surface area contributed by atoms with E-state index in [0.29, 0.717) is 6.61 Å². The molecule has 0 aromatic heterocycles. The van der Waals surface area contributed by atoms with E-state index < -0.39 is 0 Å². The van der Waals surface area contributed by atoms with E-state index >= 15 is 0 Å². The number of hydrogen-bond acceptors (Lipinski definition) is 2. The molecule has 0 radical (unpaired) electrons. The molecule has 0 fully saturated rings. The fraction of sp³-hybridized carbons (Fsp3) is 0.750. The summed E-state index contributed by atoms with van der Waals surface area (Å²) in [5, 5.41) is 8.56.